The Morgan fingerprint density at radius 2 is 1.85 bits per heavy atom. The average molecular weight is 583 g/mol. The first-order valence-corrected chi connectivity index (χ1v) is 13.9. The maximum atomic E-state index is 14.3. The Bertz CT molecular complexity index is 1560. The van der Waals surface area contributed by atoms with Crippen LogP contribution in [-0.2, 0) is 38.5 Å². The van der Waals surface area contributed by atoms with E-state index in [4.69, 9.17) is 22.1 Å². The molecule has 0 radical (unpaired) electrons. The van der Waals surface area contributed by atoms with Crippen molar-refractivity contribution in [2.75, 3.05) is 0 Å². The van der Waals surface area contributed by atoms with Crippen LogP contribution in [0.3, 0.4) is 0 Å². The number of likely N-dealkylation sites (tertiary alicyclic amines) is 1. The van der Waals surface area contributed by atoms with Crippen LogP contribution in [0.2, 0.25) is 5.02 Å². The molecule has 1 aliphatic carbocycles. The molecule has 2 heterocycles. The zero-order valence-corrected chi connectivity index (χ0v) is 23.8. The van der Waals surface area contributed by atoms with E-state index in [0.29, 0.717) is 28.5 Å². The minimum absolute atomic E-state index is 0.0120. The molecule has 1 saturated heterocycles. The molecule has 3 atom stereocenters. The predicted octanol–water partition coefficient (Wildman–Crippen LogP) is 4.09. The van der Waals surface area contributed by atoms with Crippen molar-refractivity contribution in [2.24, 2.45) is 11.7 Å². The number of benzene rings is 2. The Labute approximate surface area is 241 Å². The fourth-order valence-corrected chi connectivity index (χ4v) is 5.80. The van der Waals surface area contributed by atoms with E-state index >= 15 is 0 Å². The molecule has 216 valence electrons. The monoisotopic (exact) mass is 582 g/mol. The summed E-state index contributed by atoms with van der Waals surface area (Å²) in [6, 6.07) is 8.37. The Kier molecular flexibility index (Phi) is 7.54. The van der Waals surface area contributed by atoms with Gasteiger partial charge < -0.3 is 20.7 Å². The molecule has 2 fully saturated rings. The lowest BCUT2D eigenvalue weighted by molar-refractivity contribution is -0.153. The van der Waals surface area contributed by atoms with Crippen LogP contribution in [0.1, 0.15) is 50.3 Å². The smallest absolute Gasteiger partial charge is 0.323 e. The minimum atomic E-state index is -0.725. The number of rotatable bonds is 7. The number of piperidine rings is 1. The van der Waals surface area contributed by atoms with Crippen LogP contribution in [0, 0.1) is 11.7 Å². The van der Waals surface area contributed by atoms with Gasteiger partial charge in [0.2, 0.25) is 11.8 Å². The number of carbonyl (C=O) groups is 4. The molecule has 3 N–H and O–H groups in total. The lowest BCUT2D eigenvalue weighted by Gasteiger charge is -2.27. The summed E-state index contributed by atoms with van der Waals surface area (Å²) in [6.07, 6.45) is 2.86. The second-order valence-corrected chi connectivity index (χ2v) is 12.1. The highest BCUT2D eigenvalue weighted by molar-refractivity contribution is 6.30. The van der Waals surface area contributed by atoms with Crippen LogP contribution in [0.5, 0.6) is 0 Å². The van der Waals surface area contributed by atoms with Gasteiger partial charge >= 0.3 is 12.0 Å². The summed E-state index contributed by atoms with van der Waals surface area (Å²) in [5, 5.41) is 3.37. The van der Waals surface area contributed by atoms with Gasteiger partial charge in [-0.1, -0.05) is 35.9 Å². The first kappa shape index (κ1) is 28.6. The maximum Gasteiger partial charge on any atom is 0.323 e. The largest absolute Gasteiger partial charge is 0.460 e. The van der Waals surface area contributed by atoms with Crippen molar-refractivity contribution in [3.63, 3.8) is 0 Å². The van der Waals surface area contributed by atoms with Gasteiger partial charge in [-0.2, -0.15) is 0 Å². The number of nitrogens with two attached hydrogens (primary N) is 1. The molecule has 0 bridgehead atoms. The van der Waals surface area contributed by atoms with Crippen LogP contribution in [0.15, 0.2) is 42.6 Å². The van der Waals surface area contributed by atoms with Gasteiger partial charge in [0, 0.05) is 29.7 Å². The van der Waals surface area contributed by atoms with Crippen LogP contribution >= 0.6 is 11.6 Å². The van der Waals surface area contributed by atoms with Gasteiger partial charge in [0.1, 0.15) is 17.5 Å². The molecule has 3 aromatic rings. The fraction of sp³-hybridized carbons (Fsp3) is 0.400. The second-order valence-electron chi connectivity index (χ2n) is 11.7. The van der Waals surface area contributed by atoms with E-state index in [-0.39, 0.29) is 53.7 Å². The third-order valence-electron chi connectivity index (χ3n) is 7.48. The normalized spacial score (nSPS) is 19.6. The molecule has 41 heavy (non-hydrogen) atoms. The highest BCUT2D eigenvalue weighted by Gasteiger charge is 2.55. The molecule has 1 aliphatic heterocycles. The second kappa shape index (κ2) is 10.8. The number of hydrogen-bond acceptors (Lipinski definition) is 5. The molecule has 5 rings (SSSR count). The number of ether oxygens (including phenoxy) is 1. The first-order valence-electron chi connectivity index (χ1n) is 13.5. The third kappa shape index (κ3) is 6.07. The third-order valence-corrected chi connectivity index (χ3v) is 7.77. The standard InChI is InChI=1S/C30H32ClFN4O5/c1-30(2,3)41-26(38)10-16-7-8-20-19(15-35(29(33)40)23(20)9-16)13-25(37)36-22-11-18(22)12-24(36)28(39)34-14-17-5-4-6-21(31)27(17)32/h4-9,15,18,22,24H,10-14H2,1-3H3,(H2,33,40)(H,34,39)/t18-,22-,24+/m1/s1. The van der Waals surface area contributed by atoms with Gasteiger partial charge in [-0.05, 0) is 62.8 Å². The van der Waals surface area contributed by atoms with E-state index in [9.17, 15) is 23.6 Å². The van der Waals surface area contributed by atoms with Crippen LogP contribution in [-0.4, -0.2) is 51.0 Å². The summed E-state index contributed by atoms with van der Waals surface area (Å²) in [7, 11) is 0. The van der Waals surface area contributed by atoms with Crippen molar-refractivity contribution in [3.05, 3.63) is 70.1 Å². The molecule has 1 aromatic heterocycles. The van der Waals surface area contributed by atoms with Gasteiger partial charge in [-0.3, -0.25) is 19.0 Å². The number of esters is 1. The molecule has 2 aromatic carbocycles. The summed E-state index contributed by atoms with van der Waals surface area (Å²) < 4.78 is 20.9. The number of fused-ring (bicyclic) bond motifs is 2. The highest BCUT2D eigenvalue weighted by Crippen LogP contribution is 2.48. The molecule has 0 unspecified atom stereocenters. The van der Waals surface area contributed by atoms with Crippen molar-refractivity contribution >= 4 is 46.3 Å². The van der Waals surface area contributed by atoms with E-state index < -0.39 is 29.5 Å². The summed E-state index contributed by atoms with van der Waals surface area (Å²) in [6.45, 7) is 5.31. The number of nitrogens with zero attached hydrogens (tertiary/aromatic N) is 2. The first-order chi connectivity index (χ1) is 19.3. The lowest BCUT2D eigenvalue weighted by Crippen LogP contribution is -2.48. The molecular weight excluding hydrogens is 551 g/mol. The van der Waals surface area contributed by atoms with Gasteiger partial charge in [0.25, 0.3) is 0 Å². The van der Waals surface area contributed by atoms with Crippen molar-refractivity contribution in [1.29, 1.82) is 0 Å². The number of aromatic nitrogens is 1. The highest BCUT2D eigenvalue weighted by atomic mass is 35.5. The predicted molar refractivity (Wildman–Crippen MR) is 151 cm³/mol. The Balaban J connectivity index is 1.32. The maximum absolute atomic E-state index is 14.3. The van der Waals surface area contributed by atoms with Crippen LogP contribution < -0.4 is 11.1 Å². The van der Waals surface area contributed by atoms with Gasteiger partial charge in [-0.15, -0.1) is 0 Å². The Hall–Kier alpha value is -3.92. The molecule has 2 aliphatic rings. The number of amides is 3. The number of carbonyl (C=O) groups excluding carboxylic acids is 4. The molecular formula is C30H32ClFN4O5. The van der Waals surface area contributed by atoms with Crippen LogP contribution in [0.25, 0.3) is 10.9 Å². The van der Waals surface area contributed by atoms with E-state index in [1.165, 1.54) is 16.8 Å². The van der Waals surface area contributed by atoms with Gasteiger partial charge in [0.15, 0.2) is 0 Å². The van der Waals surface area contributed by atoms with E-state index in [2.05, 4.69) is 5.32 Å². The van der Waals surface area contributed by atoms with Crippen molar-refractivity contribution in [3.8, 4) is 0 Å². The number of primary amides is 1. The van der Waals surface area contributed by atoms with Crippen molar-refractivity contribution in [2.45, 2.75) is 70.7 Å². The zero-order valence-electron chi connectivity index (χ0n) is 23.1. The molecule has 11 heteroatoms. The molecule has 1 saturated carbocycles. The number of hydrogen-bond donors (Lipinski definition) is 2. The summed E-state index contributed by atoms with van der Waals surface area (Å²) in [5.74, 6) is -1.33. The topological polar surface area (TPSA) is 124 Å². The Morgan fingerprint density at radius 3 is 2.56 bits per heavy atom. The SMILES string of the molecule is CC(C)(C)OC(=O)Cc1ccc2c(CC(=O)N3[C@@H]4C[C@@H]4C[C@H]3C(=O)NCc3cccc(Cl)c3F)cn(C(N)=O)c2c1. The summed E-state index contributed by atoms with van der Waals surface area (Å²) in [5.41, 5.74) is 6.95. The molecule has 3 amide bonds. The lowest BCUT2D eigenvalue weighted by atomic mass is 10.0. The minimum Gasteiger partial charge on any atom is -0.460 e. The zero-order chi connectivity index (χ0) is 29.6. The van der Waals surface area contributed by atoms with Crippen molar-refractivity contribution < 1.29 is 28.3 Å². The van der Waals surface area contributed by atoms with E-state index in [0.717, 1.165) is 6.42 Å². The van der Waals surface area contributed by atoms with Gasteiger partial charge in [-0.25, -0.2) is 9.18 Å². The molecule has 0 spiro atoms. The summed E-state index contributed by atoms with van der Waals surface area (Å²) >= 11 is 5.85. The quantitative estimate of drug-likeness (QED) is 0.406. The summed E-state index contributed by atoms with van der Waals surface area (Å²) in [4.78, 5) is 52.9. The number of nitrogens with one attached hydrogen (secondary N) is 1. The van der Waals surface area contributed by atoms with Crippen LogP contribution in [0.4, 0.5) is 9.18 Å². The number of halogens is 2. The fourth-order valence-electron chi connectivity index (χ4n) is 5.61. The average Bonchev–Trinajstić information content (AvgIpc) is 3.39. The van der Waals surface area contributed by atoms with E-state index in [1.54, 1.807) is 56.0 Å². The Morgan fingerprint density at radius 1 is 1.10 bits per heavy atom. The van der Waals surface area contributed by atoms with Gasteiger partial charge in [0.05, 0.1) is 23.4 Å². The van der Waals surface area contributed by atoms with E-state index in [1.807, 2.05) is 0 Å². The van der Waals surface area contributed by atoms with Crippen molar-refractivity contribution in [1.82, 2.24) is 14.8 Å². The molecule has 9 nitrogen and oxygen atoms in total.